The van der Waals surface area contributed by atoms with Crippen LogP contribution in [0.5, 0.6) is 0 Å². The van der Waals surface area contributed by atoms with Gasteiger partial charge in [-0.05, 0) is 89.5 Å². The van der Waals surface area contributed by atoms with Crippen LogP contribution in [0.2, 0.25) is 0 Å². The summed E-state index contributed by atoms with van der Waals surface area (Å²) in [5.74, 6) is 0. The number of hydrogen-bond donors (Lipinski definition) is 0. The molecule has 0 N–H and O–H groups in total. The van der Waals surface area contributed by atoms with E-state index < -0.39 is 0 Å². The summed E-state index contributed by atoms with van der Waals surface area (Å²) in [4.78, 5) is 0. The van der Waals surface area contributed by atoms with Gasteiger partial charge in [-0.15, -0.1) is 0 Å². The van der Waals surface area contributed by atoms with Gasteiger partial charge in [0, 0.05) is 38.2 Å². The van der Waals surface area contributed by atoms with Crippen molar-refractivity contribution in [3.05, 3.63) is 181 Å². The molecule has 0 unspecified atom stereocenters. The van der Waals surface area contributed by atoms with Gasteiger partial charge in [-0.25, -0.2) is 0 Å². The van der Waals surface area contributed by atoms with Crippen LogP contribution in [0.1, 0.15) is 11.1 Å². The van der Waals surface area contributed by atoms with Crippen LogP contribution in [0.15, 0.2) is 174 Å². The van der Waals surface area contributed by atoms with E-state index in [9.17, 15) is 10.5 Å². The average molecular weight is 701 g/mol. The normalized spacial score (nSPS) is 11.6. The second-order valence-corrected chi connectivity index (χ2v) is 14.0. The fourth-order valence-corrected chi connectivity index (χ4v) is 8.57. The van der Waals surface area contributed by atoms with Crippen LogP contribution in [0, 0.1) is 22.7 Å². The number of aromatic nitrogens is 2. The number of para-hydroxylation sites is 4. The van der Waals surface area contributed by atoms with Crippen molar-refractivity contribution >= 4 is 65.6 Å². The average Bonchev–Trinajstić information content (AvgIpc) is 3.91. The standard InChI is InChI=1S/C50H28N4O/c51-29-31-24-32(30-52)26-35(25-31)33-10-9-11-34(27-33)37-21-20-36(53-43-16-5-1-12-38(43)39-13-2-6-17-44(39)53)28-47(37)54-45-18-7-3-15-42(45)49-46(54)23-22-41-40-14-4-8-19-48(40)55-50(41)49/h1-28H. The molecule has 0 aliphatic heterocycles. The fraction of sp³-hybridized carbons (Fsp3) is 0. The molecule has 5 nitrogen and oxygen atoms in total. The molecular formula is C50H28N4O. The highest BCUT2D eigenvalue weighted by atomic mass is 16.3. The van der Waals surface area contributed by atoms with Crippen molar-refractivity contribution in [1.29, 1.82) is 10.5 Å². The van der Waals surface area contributed by atoms with Crippen molar-refractivity contribution in [2.45, 2.75) is 0 Å². The molecule has 0 amide bonds. The minimum absolute atomic E-state index is 0.456. The highest BCUT2D eigenvalue weighted by molar-refractivity contribution is 6.24. The first-order chi connectivity index (χ1) is 27.2. The van der Waals surface area contributed by atoms with E-state index >= 15 is 0 Å². The Morgan fingerprint density at radius 2 is 1.04 bits per heavy atom. The molecule has 0 saturated heterocycles. The van der Waals surface area contributed by atoms with E-state index in [4.69, 9.17) is 4.42 Å². The maximum Gasteiger partial charge on any atom is 0.145 e. The van der Waals surface area contributed by atoms with Crippen molar-refractivity contribution in [3.63, 3.8) is 0 Å². The van der Waals surface area contributed by atoms with Crippen LogP contribution in [0.25, 0.3) is 99.2 Å². The number of hydrogen-bond acceptors (Lipinski definition) is 3. The molecule has 0 radical (unpaired) electrons. The van der Waals surface area contributed by atoms with Gasteiger partial charge < -0.3 is 13.6 Å². The van der Waals surface area contributed by atoms with E-state index in [0.717, 1.165) is 88.4 Å². The third-order valence-corrected chi connectivity index (χ3v) is 10.9. The van der Waals surface area contributed by atoms with E-state index in [1.165, 1.54) is 10.8 Å². The smallest absolute Gasteiger partial charge is 0.145 e. The van der Waals surface area contributed by atoms with E-state index in [1.807, 2.05) is 36.4 Å². The SMILES string of the molecule is N#Cc1cc(C#N)cc(-c2cccc(-c3ccc(-n4c5ccccc5c5ccccc54)cc3-n3c4ccccc4c4c5oc6ccccc6c5ccc43)c2)c1. The maximum atomic E-state index is 9.75. The van der Waals surface area contributed by atoms with Crippen LogP contribution in [0.3, 0.4) is 0 Å². The van der Waals surface area contributed by atoms with Crippen molar-refractivity contribution in [2.75, 3.05) is 0 Å². The van der Waals surface area contributed by atoms with Crippen LogP contribution in [-0.4, -0.2) is 9.13 Å². The van der Waals surface area contributed by atoms with Crippen molar-refractivity contribution in [3.8, 4) is 45.8 Å². The Morgan fingerprint density at radius 1 is 0.418 bits per heavy atom. The molecule has 0 aliphatic carbocycles. The van der Waals surface area contributed by atoms with Gasteiger partial charge in [-0.3, -0.25) is 0 Å². The lowest BCUT2D eigenvalue weighted by Gasteiger charge is -2.18. The molecule has 5 heteroatoms. The largest absolute Gasteiger partial charge is 0.455 e. The van der Waals surface area contributed by atoms with Gasteiger partial charge in [0.15, 0.2) is 0 Å². The Kier molecular flexibility index (Phi) is 6.61. The first-order valence-corrected chi connectivity index (χ1v) is 18.2. The maximum absolute atomic E-state index is 9.75. The highest BCUT2D eigenvalue weighted by Crippen LogP contribution is 2.43. The number of rotatable bonds is 4. The molecule has 3 aromatic heterocycles. The number of furan rings is 1. The number of nitriles is 2. The molecule has 55 heavy (non-hydrogen) atoms. The van der Waals surface area contributed by atoms with Crippen LogP contribution in [-0.2, 0) is 0 Å². The fourth-order valence-electron chi connectivity index (χ4n) is 8.57. The quantitative estimate of drug-likeness (QED) is 0.183. The van der Waals surface area contributed by atoms with E-state index in [1.54, 1.807) is 6.07 Å². The van der Waals surface area contributed by atoms with Crippen LogP contribution in [0.4, 0.5) is 0 Å². The van der Waals surface area contributed by atoms with Gasteiger partial charge in [-0.2, -0.15) is 10.5 Å². The van der Waals surface area contributed by atoms with Gasteiger partial charge >= 0.3 is 0 Å². The highest BCUT2D eigenvalue weighted by Gasteiger charge is 2.22. The first-order valence-electron chi connectivity index (χ1n) is 18.2. The van der Waals surface area contributed by atoms with Crippen molar-refractivity contribution in [2.24, 2.45) is 0 Å². The summed E-state index contributed by atoms with van der Waals surface area (Å²) in [7, 11) is 0. The third-order valence-electron chi connectivity index (χ3n) is 10.9. The lowest BCUT2D eigenvalue weighted by atomic mass is 9.95. The monoisotopic (exact) mass is 700 g/mol. The molecular weight excluding hydrogens is 673 g/mol. The minimum atomic E-state index is 0.456. The number of fused-ring (bicyclic) bond motifs is 10. The summed E-state index contributed by atoms with van der Waals surface area (Å²) in [5, 5.41) is 26.3. The molecule has 0 spiro atoms. The molecule has 0 aliphatic rings. The third kappa shape index (κ3) is 4.58. The predicted octanol–water partition coefficient (Wildman–Crippen LogP) is 12.9. The lowest BCUT2D eigenvalue weighted by Crippen LogP contribution is -2.01. The number of nitrogens with zero attached hydrogens (tertiary/aromatic N) is 4. The van der Waals surface area contributed by atoms with Gasteiger partial charge in [0.1, 0.15) is 11.2 Å². The van der Waals surface area contributed by atoms with Crippen LogP contribution < -0.4 is 0 Å². The second-order valence-electron chi connectivity index (χ2n) is 14.0. The molecule has 0 atom stereocenters. The van der Waals surface area contributed by atoms with E-state index in [-0.39, 0.29) is 0 Å². The summed E-state index contributed by atoms with van der Waals surface area (Å²) < 4.78 is 11.4. The molecule has 11 aromatic rings. The Labute approximate surface area is 315 Å². The van der Waals surface area contributed by atoms with E-state index in [0.29, 0.717) is 11.1 Å². The zero-order valence-corrected chi connectivity index (χ0v) is 29.4. The van der Waals surface area contributed by atoms with E-state index in [2.05, 4.69) is 149 Å². The lowest BCUT2D eigenvalue weighted by molar-refractivity contribution is 0.673. The summed E-state index contributed by atoms with van der Waals surface area (Å²) in [6.45, 7) is 0. The van der Waals surface area contributed by atoms with Crippen molar-refractivity contribution < 1.29 is 4.42 Å². The molecule has 0 bridgehead atoms. The summed E-state index contributed by atoms with van der Waals surface area (Å²) in [6.07, 6.45) is 0. The second kappa shape index (κ2) is 11.8. The molecule has 0 fully saturated rings. The Morgan fingerprint density at radius 3 is 1.75 bits per heavy atom. The van der Waals surface area contributed by atoms with Gasteiger partial charge in [-0.1, -0.05) is 97.1 Å². The molecule has 0 saturated carbocycles. The van der Waals surface area contributed by atoms with Gasteiger partial charge in [0.25, 0.3) is 0 Å². The number of benzene rings is 8. The van der Waals surface area contributed by atoms with Gasteiger partial charge in [0.05, 0.1) is 56.4 Å². The predicted molar refractivity (Wildman–Crippen MR) is 223 cm³/mol. The molecule has 11 rings (SSSR count). The van der Waals surface area contributed by atoms with Crippen molar-refractivity contribution in [1.82, 2.24) is 9.13 Å². The summed E-state index contributed by atoms with van der Waals surface area (Å²) in [5.41, 5.74) is 12.9. The molecule has 8 aromatic carbocycles. The summed E-state index contributed by atoms with van der Waals surface area (Å²) in [6, 6.07) is 63.2. The summed E-state index contributed by atoms with van der Waals surface area (Å²) >= 11 is 0. The minimum Gasteiger partial charge on any atom is -0.455 e. The topological polar surface area (TPSA) is 70.6 Å². The molecule has 3 heterocycles. The Bertz CT molecular complexity index is 3390. The van der Waals surface area contributed by atoms with Gasteiger partial charge in [0.2, 0.25) is 0 Å². The Balaban J connectivity index is 1.24. The molecule has 254 valence electrons. The Hall–Kier alpha value is -7.86. The zero-order chi connectivity index (χ0) is 36.6. The van der Waals surface area contributed by atoms with Crippen LogP contribution >= 0.6 is 0 Å². The zero-order valence-electron chi connectivity index (χ0n) is 29.4. The first kappa shape index (κ1) is 30.7.